The van der Waals surface area contributed by atoms with Crippen molar-refractivity contribution in [1.29, 1.82) is 0 Å². The molecule has 0 bridgehead atoms. The topological polar surface area (TPSA) is 130 Å². The summed E-state index contributed by atoms with van der Waals surface area (Å²) in [6.45, 7) is 0. The largest absolute Gasteiger partial charge is 0.397 e. The number of hydrogen-bond acceptors (Lipinski definition) is 6. The van der Waals surface area contributed by atoms with E-state index in [-0.39, 0.29) is 0 Å². The van der Waals surface area contributed by atoms with Crippen LogP contribution in [-0.2, 0) is 0 Å². The van der Waals surface area contributed by atoms with E-state index in [1.165, 1.54) is 0 Å². The van der Waals surface area contributed by atoms with Crippen molar-refractivity contribution in [3.63, 3.8) is 0 Å². The minimum Gasteiger partial charge on any atom is -0.397 e. The zero-order valence-corrected chi connectivity index (χ0v) is 13.0. The molecule has 6 heteroatoms. The molecule has 0 radical (unpaired) electrons. The Balaban J connectivity index is 0.000000179. The van der Waals surface area contributed by atoms with E-state index < -0.39 is 0 Å². The van der Waals surface area contributed by atoms with Gasteiger partial charge in [0.2, 0.25) is 0 Å². The van der Waals surface area contributed by atoms with Crippen molar-refractivity contribution < 1.29 is 0 Å². The third-order valence-electron chi connectivity index (χ3n) is 3.54. The van der Waals surface area contributed by atoms with E-state index in [0.717, 1.165) is 22.1 Å². The molecule has 8 N–H and O–H groups in total. The predicted molar refractivity (Wildman–Crippen MR) is 101 cm³/mol. The van der Waals surface area contributed by atoms with Gasteiger partial charge in [-0.25, -0.2) is 9.97 Å². The summed E-state index contributed by atoms with van der Waals surface area (Å²) in [7, 11) is 0. The maximum Gasteiger partial charge on any atom is 0.0916 e. The second-order valence-electron chi connectivity index (χ2n) is 5.31. The van der Waals surface area contributed by atoms with E-state index in [1.807, 2.05) is 36.4 Å². The summed E-state index contributed by atoms with van der Waals surface area (Å²) >= 11 is 0. The molecule has 0 aliphatic rings. The summed E-state index contributed by atoms with van der Waals surface area (Å²) in [4.78, 5) is 8.96. The van der Waals surface area contributed by atoms with Gasteiger partial charge in [-0.3, -0.25) is 0 Å². The van der Waals surface area contributed by atoms with Gasteiger partial charge in [0.25, 0.3) is 0 Å². The SMILES string of the molecule is Nc1cc2nc3ccccc3nc2cc1N.Nc1ccccc1N. The Morgan fingerprint density at radius 1 is 0.458 bits per heavy atom. The lowest BCUT2D eigenvalue weighted by atomic mass is 10.2. The van der Waals surface area contributed by atoms with Crippen LogP contribution in [0.3, 0.4) is 0 Å². The number of aromatic nitrogens is 2. The molecule has 0 atom stereocenters. The number of nitrogens with two attached hydrogens (primary N) is 4. The monoisotopic (exact) mass is 318 g/mol. The average molecular weight is 318 g/mol. The van der Waals surface area contributed by atoms with Crippen LogP contribution in [0.5, 0.6) is 0 Å². The second kappa shape index (κ2) is 6.29. The molecule has 6 nitrogen and oxygen atoms in total. The van der Waals surface area contributed by atoms with Crippen LogP contribution in [0, 0.1) is 0 Å². The minimum atomic E-state index is 0.539. The molecule has 0 saturated heterocycles. The highest BCUT2D eigenvalue weighted by Crippen LogP contribution is 2.23. The van der Waals surface area contributed by atoms with Crippen LogP contribution >= 0.6 is 0 Å². The van der Waals surface area contributed by atoms with E-state index in [9.17, 15) is 0 Å². The molecule has 1 heterocycles. The van der Waals surface area contributed by atoms with Crippen LogP contribution < -0.4 is 22.9 Å². The Labute approximate surface area is 139 Å². The molecule has 24 heavy (non-hydrogen) atoms. The Morgan fingerprint density at radius 2 is 0.833 bits per heavy atom. The molecule has 0 amide bonds. The van der Waals surface area contributed by atoms with Gasteiger partial charge < -0.3 is 22.9 Å². The number of para-hydroxylation sites is 4. The fourth-order valence-electron chi connectivity index (χ4n) is 2.21. The van der Waals surface area contributed by atoms with Gasteiger partial charge in [0.15, 0.2) is 0 Å². The fourth-order valence-corrected chi connectivity index (χ4v) is 2.21. The summed E-state index contributed by atoms with van der Waals surface area (Å²) in [6, 6.07) is 18.5. The number of rotatable bonds is 0. The molecule has 4 rings (SSSR count). The Morgan fingerprint density at radius 3 is 1.21 bits per heavy atom. The Bertz CT molecular complexity index is 932. The number of benzene rings is 3. The van der Waals surface area contributed by atoms with E-state index in [1.54, 1.807) is 24.3 Å². The molecule has 0 fully saturated rings. The van der Waals surface area contributed by atoms with Crippen LogP contribution in [0.25, 0.3) is 22.1 Å². The third-order valence-corrected chi connectivity index (χ3v) is 3.54. The highest BCUT2D eigenvalue weighted by Gasteiger charge is 2.03. The van der Waals surface area contributed by atoms with Crippen LogP contribution in [0.4, 0.5) is 22.7 Å². The lowest BCUT2D eigenvalue weighted by Crippen LogP contribution is -1.96. The second-order valence-corrected chi connectivity index (χ2v) is 5.31. The van der Waals surface area contributed by atoms with Crippen LogP contribution in [0.1, 0.15) is 0 Å². The summed E-state index contributed by atoms with van der Waals surface area (Å²) in [5, 5.41) is 0. The third kappa shape index (κ3) is 3.12. The van der Waals surface area contributed by atoms with Gasteiger partial charge in [-0.2, -0.15) is 0 Å². The highest BCUT2D eigenvalue weighted by atomic mass is 14.8. The molecule has 0 aliphatic carbocycles. The normalized spacial score (nSPS) is 10.3. The van der Waals surface area contributed by atoms with Crippen molar-refractivity contribution in [1.82, 2.24) is 9.97 Å². The first-order valence-electron chi connectivity index (χ1n) is 7.36. The number of nitrogens with zero attached hydrogens (tertiary/aromatic N) is 2. The maximum atomic E-state index is 5.74. The van der Waals surface area contributed by atoms with Crippen LogP contribution in [0.2, 0.25) is 0 Å². The first kappa shape index (κ1) is 15.4. The molecular weight excluding hydrogens is 300 g/mol. The lowest BCUT2D eigenvalue weighted by Gasteiger charge is -2.04. The summed E-state index contributed by atoms with van der Waals surface area (Å²) in [5.74, 6) is 0. The van der Waals surface area contributed by atoms with Crippen molar-refractivity contribution in [2.24, 2.45) is 0 Å². The first-order valence-corrected chi connectivity index (χ1v) is 7.36. The van der Waals surface area contributed by atoms with Gasteiger partial charge >= 0.3 is 0 Å². The van der Waals surface area contributed by atoms with Gasteiger partial charge in [-0.1, -0.05) is 24.3 Å². The molecular formula is C18H18N6. The molecule has 120 valence electrons. The van der Waals surface area contributed by atoms with Crippen LogP contribution in [0.15, 0.2) is 60.7 Å². The van der Waals surface area contributed by atoms with E-state index in [0.29, 0.717) is 22.7 Å². The maximum absolute atomic E-state index is 5.74. The summed E-state index contributed by atoms with van der Waals surface area (Å²) in [6.07, 6.45) is 0. The molecule has 0 aliphatic heterocycles. The number of nitrogen functional groups attached to an aromatic ring is 4. The fraction of sp³-hybridized carbons (Fsp3) is 0. The highest BCUT2D eigenvalue weighted by molar-refractivity contribution is 5.91. The molecule has 1 aromatic heterocycles. The zero-order valence-electron chi connectivity index (χ0n) is 13.0. The van der Waals surface area contributed by atoms with Crippen molar-refractivity contribution in [2.45, 2.75) is 0 Å². The van der Waals surface area contributed by atoms with E-state index in [2.05, 4.69) is 9.97 Å². The first-order chi connectivity index (χ1) is 11.5. The van der Waals surface area contributed by atoms with Crippen molar-refractivity contribution in [2.75, 3.05) is 22.9 Å². The predicted octanol–water partition coefficient (Wildman–Crippen LogP) is 2.80. The van der Waals surface area contributed by atoms with Gasteiger partial charge in [0, 0.05) is 0 Å². The van der Waals surface area contributed by atoms with Crippen LogP contribution in [-0.4, -0.2) is 9.97 Å². The van der Waals surface area contributed by atoms with E-state index in [4.69, 9.17) is 22.9 Å². The molecule has 3 aromatic carbocycles. The molecule has 4 aromatic rings. The van der Waals surface area contributed by atoms with Gasteiger partial charge in [-0.15, -0.1) is 0 Å². The molecule has 0 spiro atoms. The Kier molecular flexibility index (Phi) is 4.03. The number of anilines is 4. The smallest absolute Gasteiger partial charge is 0.0916 e. The standard InChI is InChI=1S/C12H10N4.C6H8N2/c13-7-5-11-12(6-8(7)14)16-10-4-2-1-3-9(10)15-11;7-5-3-1-2-4-6(5)8/h1-6H,13-14H2;1-4H,7-8H2. The number of fused-ring (bicyclic) bond motifs is 2. The van der Waals surface area contributed by atoms with Gasteiger partial charge in [0.05, 0.1) is 44.8 Å². The summed E-state index contributed by atoms with van der Waals surface area (Å²) in [5.41, 5.74) is 27.9. The van der Waals surface area contributed by atoms with Crippen molar-refractivity contribution in [3.8, 4) is 0 Å². The average Bonchev–Trinajstić information content (AvgIpc) is 2.58. The molecule has 0 saturated carbocycles. The zero-order chi connectivity index (χ0) is 17.1. The lowest BCUT2D eigenvalue weighted by molar-refractivity contribution is 1.40. The van der Waals surface area contributed by atoms with Crippen molar-refractivity contribution >= 4 is 44.8 Å². The van der Waals surface area contributed by atoms with E-state index >= 15 is 0 Å². The molecule has 0 unspecified atom stereocenters. The van der Waals surface area contributed by atoms with Gasteiger partial charge in [-0.05, 0) is 36.4 Å². The quantitative estimate of drug-likeness (QED) is 0.291. The van der Waals surface area contributed by atoms with Gasteiger partial charge in [0.1, 0.15) is 0 Å². The Hall–Kier alpha value is -3.54. The summed E-state index contributed by atoms with van der Waals surface area (Å²) < 4.78 is 0. The number of hydrogen-bond donors (Lipinski definition) is 4. The van der Waals surface area contributed by atoms with Crippen molar-refractivity contribution in [3.05, 3.63) is 60.7 Å². The minimum absolute atomic E-state index is 0.539.